The normalized spacial score (nSPS) is 13.0. The fraction of sp³-hybridized carbons (Fsp3) is 0.471. The van der Waals surface area contributed by atoms with Crippen molar-refractivity contribution < 1.29 is 9.59 Å². The molecule has 0 radical (unpaired) electrons. The summed E-state index contributed by atoms with van der Waals surface area (Å²) < 4.78 is -2.01. The Morgan fingerprint density at radius 2 is 2.00 bits per heavy atom. The number of pyridine rings is 1. The van der Waals surface area contributed by atoms with E-state index in [1.165, 1.54) is 17.2 Å². The summed E-state index contributed by atoms with van der Waals surface area (Å²) in [6.45, 7) is 9.72. The summed E-state index contributed by atoms with van der Waals surface area (Å²) in [6, 6.07) is 1.93. The highest BCUT2D eigenvalue weighted by molar-refractivity contribution is 6.69. The summed E-state index contributed by atoms with van der Waals surface area (Å²) in [7, 11) is 0. The Bertz CT molecular complexity index is 610. The minimum absolute atomic E-state index is 0.195. The lowest BCUT2D eigenvalue weighted by molar-refractivity contribution is -0.125. The van der Waals surface area contributed by atoms with E-state index in [0.717, 1.165) is 0 Å². The van der Waals surface area contributed by atoms with Gasteiger partial charge in [-0.25, -0.2) is 0 Å². The summed E-state index contributed by atoms with van der Waals surface area (Å²) in [5.74, 6) is -1.01. The topological polar surface area (TPSA) is 62.3 Å². The largest absolute Gasteiger partial charge is 0.351 e. The Kier molecular flexibility index (Phi) is 7.72. The number of halogens is 3. The van der Waals surface area contributed by atoms with Crippen molar-refractivity contribution in [2.75, 3.05) is 13.1 Å². The molecular weight excluding hydrogens is 385 g/mol. The molecule has 0 saturated heterocycles. The number of hydrogen-bond acceptors (Lipinski definition) is 3. The Labute approximate surface area is 163 Å². The van der Waals surface area contributed by atoms with E-state index < -0.39 is 21.6 Å². The molecule has 1 atom stereocenters. The van der Waals surface area contributed by atoms with Crippen LogP contribution < -0.4 is 5.32 Å². The Hall–Kier alpha value is -1.30. The fourth-order valence-electron chi connectivity index (χ4n) is 2.18. The van der Waals surface area contributed by atoms with Crippen LogP contribution in [0.1, 0.15) is 31.1 Å². The molecule has 0 aromatic carbocycles. The van der Waals surface area contributed by atoms with Gasteiger partial charge in [0.25, 0.3) is 5.91 Å². The predicted octanol–water partition coefficient (Wildman–Crippen LogP) is 3.61. The second-order valence-electron chi connectivity index (χ2n) is 6.71. The molecule has 1 N–H and O–H groups in total. The third-order valence-corrected chi connectivity index (χ3v) is 3.72. The number of amides is 2. The van der Waals surface area contributed by atoms with E-state index in [-0.39, 0.29) is 18.5 Å². The van der Waals surface area contributed by atoms with Crippen LogP contribution in [-0.2, 0) is 4.79 Å². The number of nitrogens with zero attached hydrogens (tertiary/aromatic N) is 2. The van der Waals surface area contributed by atoms with Crippen LogP contribution in [0.2, 0.25) is 0 Å². The maximum Gasteiger partial charge on any atom is 0.256 e. The summed E-state index contributed by atoms with van der Waals surface area (Å²) in [5, 5.41) is 2.59. The van der Waals surface area contributed by atoms with Crippen molar-refractivity contribution in [3.05, 3.63) is 42.7 Å². The van der Waals surface area contributed by atoms with E-state index in [0.29, 0.717) is 5.56 Å². The monoisotopic (exact) mass is 405 g/mol. The first-order valence-corrected chi connectivity index (χ1v) is 8.77. The fourth-order valence-corrected chi connectivity index (χ4v) is 2.83. The molecule has 1 rings (SSSR count). The van der Waals surface area contributed by atoms with Crippen molar-refractivity contribution >= 4 is 46.6 Å². The van der Waals surface area contributed by atoms with Crippen LogP contribution in [0.3, 0.4) is 0 Å². The first-order chi connectivity index (χ1) is 11.5. The van der Waals surface area contributed by atoms with Crippen molar-refractivity contribution in [3.8, 4) is 0 Å². The average molecular weight is 407 g/mol. The van der Waals surface area contributed by atoms with Crippen LogP contribution in [0.25, 0.3) is 0 Å². The molecule has 25 heavy (non-hydrogen) atoms. The van der Waals surface area contributed by atoms with E-state index in [1.807, 2.05) is 20.8 Å². The molecule has 0 bridgehead atoms. The summed E-state index contributed by atoms with van der Waals surface area (Å²) in [6.07, 6.45) is 4.47. The molecule has 5 nitrogen and oxygen atoms in total. The van der Waals surface area contributed by atoms with E-state index in [4.69, 9.17) is 34.8 Å². The Morgan fingerprint density at radius 1 is 1.36 bits per heavy atom. The molecule has 0 saturated carbocycles. The van der Waals surface area contributed by atoms with Crippen LogP contribution in [0.5, 0.6) is 0 Å². The third-order valence-electron chi connectivity index (χ3n) is 3.10. The van der Waals surface area contributed by atoms with Gasteiger partial charge in [-0.1, -0.05) is 61.7 Å². The second kappa shape index (κ2) is 8.88. The highest BCUT2D eigenvalue weighted by atomic mass is 35.6. The number of aromatic nitrogens is 1. The van der Waals surface area contributed by atoms with Crippen molar-refractivity contribution in [1.29, 1.82) is 0 Å². The molecule has 1 unspecified atom stereocenters. The standard InChI is InChI=1S/C17H22Cl3N3O2/c1-5-8-22-14(24)13(17(18,19)20)23(11-16(2,3)4)15(25)12-7-6-9-21-10-12/h5-7,9-10,13H,1,8,11H2,2-4H3,(H,22,24). The zero-order chi connectivity index (χ0) is 19.3. The van der Waals surface area contributed by atoms with Crippen molar-refractivity contribution in [2.45, 2.75) is 30.6 Å². The second-order valence-corrected chi connectivity index (χ2v) is 9.08. The Balaban J connectivity index is 3.32. The van der Waals surface area contributed by atoms with Crippen LogP contribution in [0, 0.1) is 5.41 Å². The zero-order valence-electron chi connectivity index (χ0n) is 14.4. The van der Waals surface area contributed by atoms with E-state index in [9.17, 15) is 9.59 Å². The molecule has 0 fully saturated rings. The van der Waals surface area contributed by atoms with Gasteiger partial charge in [0.05, 0.1) is 5.56 Å². The zero-order valence-corrected chi connectivity index (χ0v) is 16.7. The van der Waals surface area contributed by atoms with Gasteiger partial charge in [-0.15, -0.1) is 6.58 Å². The highest BCUT2D eigenvalue weighted by Gasteiger charge is 2.45. The number of hydrogen-bond donors (Lipinski definition) is 1. The van der Waals surface area contributed by atoms with Crippen LogP contribution >= 0.6 is 34.8 Å². The number of carbonyl (C=O) groups is 2. The van der Waals surface area contributed by atoms with Gasteiger partial charge in [-0.3, -0.25) is 14.6 Å². The molecule has 1 heterocycles. The molecule has 0 aliphatic carbocycles. The van der Waals surface area contributed by atoms with Gasteiger partial charge in [0, 0.05) is 25.5 Å². The lowest BCUT2D eigenvalue weighted by Crippen LogP contribution is -2.57. The van der Waals surface area contributed by atoms with Crippen LogP contribution in [-0.4, -0.2) is 44.6 Å². The molecular formula is C17H22Cl3N3O2. The molecule has 0 aliphatic rings. The summed E-state index contributed by atoms with van der Waals surface area (Å²) in [4.78, 5) is 30.8. The minimum atomic E-state index is -2.01. The Morgan fingerprint density at radius 3 is 2.44 bits per heavy atom. The van der Waals surface area contributed by atoms with E-state index >= 15 is 0 Å². The minimum Gasteiger partial charge on any atom is -0.351 e. The van der Waals surface area contributed by atoms with Gasteiger partial charge in [-0.05, 0) is 17.5 Å². The van der Waals surface area contributed by atoms with Crippen LogP contribution in [0.15, 0.2) is 37.2 Å². The lowest BCUT2D eigenvalue weighted by atomic mass is 9.94. The van der Waals surface area contributed by atoms with Gasteiger partial charge in [0.1, 0.15) is 0 Å². The summed E-state index contributed by atoms with van der Waals surface area (Å²) in [5.41, 5.74) is -0.0207. The number of nitrogens with one attached hydrogen (secondary N) is 1. The average Bonchev–Trinajstić information content (AvgIpc) is 2.49. The van der Waals surface area contributed by atoms with Crippen LogP contribution in [0.4, 0.5) is 0 Å². The maximum absolute atomic E-state index is 13.0. The number of alkyl halides is 3. The molecule has 0 spiro atoms. The maximum atomic E-state index is 13.0. The smallest absolute Gasteiger partial charge is 0.256 e. The molecule has 138 valence electrons. The van der Waals surface area contributed by atoms with Crippen molar-refractivity contribution in [3.63, 3.8) is 0 Å². The predicted molar refractivity (Wildman–Crippen MR) is 102 cm³/mol. The third kappa shape index (κ3) is 6.84. The molecule has 2 amide bonds. The molecule has 1 aromatic rings. The lowest BCUT2D eigenvalue weighted by Gasteiger charge is -2.38. The van der Waals surface area contributed by atoms with Gasteiger partial charge in [0.2, 0.25) is 9.70 Å². The molecule has 8 heteroatoms. The van der Waals surface area contributed by atoms with Gasteiger partial charge in [0.15, 0.2) is 6.04 Å². The van der Waals surface area contributed by atoms with E-state index in [1.54, 1.807) is 18.3 Å². The SMILES string of the molecule is C=CCNC(=O)C(N(CC(C)(C)C)C(=O)c1cccnc1)C(Cl)(Cl)Cl. The quantitative estimate of drug-likeness (QED) is 0.580. The summed E-state index contributed by atoms with van der Waals surface area (Å²) >= 11 is 18.2. The van der Waals surface area contributed by atoms with Crippen molar-refractivity contribution in [2.24, 2.45) is 5.41 Å². The van der Waals surface area contributed by atoms with E-state index in [2.05, 4.69) is 16.9 Å². The number of carbonyl (C=O) groups excluding carboxylic acids is 2. The first-order valence-electron chi connectivity index (χ1n) is 7.63. The first kappa shape index (κ1) is 21.7. The van der Waals surface area contributed by atoms with Gasteiger partial charge < -0.3 is 10.2 Å². The van der Waals surface area contributed by atoms with Crippen molar-refractivity contribution in [1.82, 2.24) is 15.2 Å². The number of rotatable bonds is 6. The van der Waals surface area contributed by atoms with Gasteiger partial charge in [-0.2, -0.15) is 0 Å². The molecule has 1 aromatic heterocycles. The molecule has 0 aliphatic heterocycles. The van der Waals surface area contributed by atoms with Gasteiger partial charge >= 0.3 is 0 Å². The highest BCUT2D eigenvalue weighted by Crippen LogP contribution is 2.35.